The number of nitrogens with zero attached hydrogens (tertiary/aromatic N) is 1. The van der Waals surface area contributed by atoms with Crippen molar-refractivity contribution < 1.29 is 9.53 Å². The molecule has 1 fully saturated rings. The molecule has 2 aromatic carbocycles. The number of aliphatic imine (C=N–C) groups is 1. The molecule has 0 spiro atoms. The Balaban J connectivity index is 1.52. The average Bonchev–Trinajstić information content (AvgIpc) is 3.31. The van der Waals surface area contributed by atoms with E-state index in [1.807, 2.05) is 55.5 Å². The van der Waals surface area contributed by atoms with Crippen LogP contribution >= 0.6 is 11.6 Å². The summed E-state index contributed by atoms with van der Waals surface area (Å²) < 4.78 is 5.56. The maximum Gasteiger partial charge on any atom is 0.251 e. The van der Waals surface area contributed by atoms with Crippen LogP contribution < -0.4 is 16.0 Å². The van der Waals surface area contributed by atoms with Crippen LogP contribution in [0.2, 0.25) is 5.02 Å². The predicted octanol–water partition coefficient (Wildman–Crippen LogP) is 3.55. The van der Waals surface area contributed by atoms with Crippen molar-refractivity contribution in [2.45, 2.75) is 38.8 Å². The number of amides is 1. The number of benzene rings is 2. The molecule has 1 amide bonds. The molecular formula is C24H31ClN4O2. The summed E-state index contributed by atoms with van der Waals surface area (Å²) in [5.74, 6) is 0.661. The van der Waals surface area contributed by atoms with Gasteiger partial charge in [0.2, 0.25) is 0 Å². The summed E-state index contributed by atoms with van der Waals surface area (Å²) in [4.78, 5) is 17.1. The summed E-state index contributed by atoms with van der Waals surface area (Å²) in [6.07, 6.45) is 3.02. The molecule has 0 bridgehead atoms. The smallest absolute Gasteiger partial charge is 0.251 e. The summed E-state index contributed by atoms with van der Waals surface area (Å²) in [6, 6.07) is 15.4. The number of carbonyl (C=O) groups excluding carboxylic acids is 1. The molecule has 6 nitrogen and oxygen atoms in total. The topological polar surface area (TPSA) is 74.8 Å². The lowest BCUT2D eigenvalue weighted by Crippen LogP contribution is -2.38. The second-order valence-electron chi connectivity index (χ2n) is 7.51. The van der Waals surface area contributed by atoms with Gasteiger partial charge in [0.05, 0.1) is 12.6 Å². The van der Waals surface area contributed by atoms with Gasteiger partial charge in [-0.25, -0.2) is 4.99 Å². The molecule has 1 saturated heterocycles. The average molecular weight is 443 g/mol. The maximum atomic E-state index is 12.5. The summed E-state index contributed by atoms with van der Waals surface area (Å²) in [5.41, 5.74) is 2.73. The summed E-state index contributed by atoms with van der Waals surface area (Å²) in [5, 5.41) is 10.3. The van der Waals surface area contributed by atoms with Gasteiger partial charge in [-0.05, 0) is 55.5 Å². The van der Waals surface area contributed by atoms with Gasteiger partial charge in [-0.15, -0.1) is 0 Å². The lowest BCUT2D eigenvalue weighted by atomic mass is 10.1. The third-order valence-corrected chi connectivity index (χ3v) is 5.48. The van der Waals surface area contributed by atoms with Crippen LogP contribution in [0.4, 0.5) is 0 Å². The van der Waals surface area contributed by atoms with E-state index in [1.165, 1.54) is 0 Å². The first-order chi connectivity index (χ1) is 15.2. The normalized spacial score (nSPS) is 16.2. The Kier molecular flexibility index (Phi) is 9.18. The van der Waals surface area contributed by atoms with E-state index < -0.39 is 0 Å². The fraction of sp³-hybridized carbons (Fsp3) is 0.417. The van der Waals surface area contributed by atoms with E-state index in [9.17, 15) is 4.79 Å². The highest BCUT2D eigenvalue weighted by Gasteiger charge is 2.16. The molecule has 3 N–H and O–H groups in total. The summed E-state index contributed by atoms with van der Waals surface area (Å²) in [7, 11) is 0. The highest BCUT2D eigenvalue weighted by atomic mass is 35.5. The monoisotopic (exact) mass is 442 g/mol. The zero-order valence-corrected chi connectivity index (χ0v) is 18.8. The molecule has 1 heterocycles. The Hall–Kier alpha value is -2.57. The van der Waals surface area contributed by atoms with Crippen molar-refractivity contribution in [1.82, 2.24) is 16.0 Å². The molecule has 1 atom stereocenters. The summed E-state index contributed by atoms with van der Waals surface area (Å²) >= 11 is 6.23. The molecule has 7 heteroatoms. The van der Waals surface area contributed by atoms with E-state index in [1.54, 1.807) is 0 Å². The molecule has 3 rings (SSSR count). The number of halogens is 1. The number of carbonyl (C=O) groups is 1. The minimum Gasteiger partial charge on any atom is -0.376 e. The van der Waals surface area contributed by atoms with Gasteiger partial charge >= 0.3 is 0 Å². The van der Waals surface area contributed by atoms with Crippen molar-refractivity contribution in [2.24, 2.45) is 4.99 Å². The first-order valence-corrected chi connectivity index (χ1v) is 11.3. The van der Waals surface area contributed by atoms with Crippen molar-refractivity contribution in [3.05, 3.63) is 70.2 Å². The van der Waals surface area contributed by atoms with E-state index in [2.05, 4.69) is 20.9 Å². The molecule has 2 aromatic rings. The highest BCUT2D eigenvalue weighted by Crippen LogP contribution is 2.15. The number of ether oxygens (including phenoxy) is 1. The fourth-order valence-corrected chi connectivity index (χ4v) is 3.68. The predicted molar refractivity (Wildman–Crippen MR) is 126 cm³/mol. The molecule has 1 aliphatic heterocycles. The van der Waals surface area contributed by atoms with Gasteiger partial charge in [-0.1, -0.05) is 41.9 Å². The van der Waals surface area contributed by atoms with Crippen molar-refractivity contribution >= 4 is 23.5 Å². The van der Waals surface area contributed by atoms with Crippen LogP contribution in [0.3, 0.4) is 0 Å². The Labute approximate surface area is 189 Å². The highest BCUT2D eigenvalue weighted by molar-refractivity contribution is 6.31. The molecule has 0 aromatic heterocycles. The molecule has 1 unspecified atom stereocenters. The van der Waals surface area contributed by atoms with Gasteiger partial charge in [-0.2, -0.15) is 0 Å². The Morgan fingerprint density at radius 1 is 1.16 bits per heavy atom. The zero-order chi connectivity index (χ0) is 21.9. The zero-order valence-electron chi connectivity index (χ0n) is 18.0. The Bertz CT molecular complexity index is 881. The van der Waals surface area contributed by atoms with E-state index >= 15 is 0 Å². The van der Waals surface area contributed by atoms with Crippen LogP contribution in [0, 0.1) is 0 Å². The van der Waals surface area contributed by atoms with E-state index in [0.717, 1.165) is 61.1 Å². The van der Waals surface area contributed by atoms with E-state index in [4.69, 9.17) is 16.3 Å². The lowest BCUT2D eigenvalue weighted by molar-refractivity contribution is 0.0857. The van der Waals surface area contributed by atoms with Gasteiger partial charge < -0.3 is 20.7 Å². The van der Waals surface area contributed by atoms with Crippen molar-refractivity contribution in [2.75, 3.05) is 26.2 Å². The minimum atomic E-state index is -0.0777. The van der Waals surface area contributed by atoms with Crippen LogP contribution in [0.5, 0.6) is 0 Å². The molecular weight excluding hydrogens is 412 g/mol. The van der Waals surface area contributed by atoms with Gasteiger partial charge in [0.15, 0.2) is 5.96 Å². The summed E-state index contributed by atoms with van der Waals surface area (Å²) in [6.45, 7) is 5.35. The van der Waals surface area contributed by atoms with Crippen LogP contribution in [0.25, 0.3) is 0 Å². The first-order valence-electron chi connectivity index (χ1n) is 10.9. The van der Waals surface area contributed by atoms with Crippen molar-refractivity contribution in [3.8, 4) is 0 Å². The number of rotatable bonds is 9. The van der Waals surface area contributed by atoms with E-state index in [-0.39, 0.29) is 12.0 Å². The maximum absolute atomic E-state index is 12.5. The fourth-order valence-electron chi connectivity index (χ4n) is 3.45. The van der Waals surface area contributed by atoms with Gasteiger partial charge in [0, 0.05) is 36.8 Å². The van der Waals surface area contributed by atoms with Gasteiger partial charge in [-0.3, -0.25) is 4.79 Å². The number of hydrogen-bond acceptors (Lipinski definition) is 3. The third-order valence-electron chi connectivity index (χ3n) is 5.11. The third kappa shape index (κ3) is 7.56. The standard InChI is InChI=1S/C24H31ClN4O2/c1-2-26-24(27-13-12-19-8-3-4-11-22(19)25)29-16-18-7-5-9-20(15-18)23(30)28-17-21-10-6-14-31-21/h3-5,7-9,11,15,21H,2,6,10,12-14,16-17H2,1H3,(H,28,30)(H2,26,27,29). The van der Waals surface area contributed by atoms with Crippen LogP contribution in [-0.2, 0) is 17.7 Å². The lowest BCUT2D eigenvalue weighted by Gasteiger charge is -2.12. The molecule has 1 aliphatic rings. The minimum absolute atomic E-state index is 0.0777. The molecule has 0 aliphatic carbocycles. The second-order valence-corrected chi connectivity index (χ2v) is 7.92. The Morgan fingerprint density at radius 2 is 2.03 bits per heavy atom. The van der Waals surface area contributed by atoms with Crippen LogP contribution in [0.1, 0.15) is 41.3 Å². The molecule has 0 saturated carbocycles. The molecule has 31 heavy (non-hydrogen) atoms. The number of hydrogen-bond donors (Lipinski definition) is 3. The largest absolute Gasteiger partial charge is 0.376 e. The van der Waals surface area contributed by atoms with Crippen molar-refractivity contribution in [3.63, 3.8) is 0 Å². The van der Waals surface area contributed by atoms with Crippen molar-refractivity contribution in [1.29, 1.82) is 0 Å². The molecule has 166 valence electrons. The number of guanidine groups is 1. The number of nitrogens with one attached hydrogen (secondary N) is 3. The van der Waals surface area contributed by atoms with Crippen LogP contribution in [0.15, 0.2) is 53.5 Å². The van der Waals surface area contributed by atoms with E-state index in [0.29, 0.717) is 18.7 Å². The second kappa shape index (κ2) is 12.3. The molecule has 0 radical (unpaired) electrons. The SMILES string of the molecule is CCNC(=NCc1cccc(C(=O)NCC2CCCO2)c1)NCCc1ccccc1Cl. The van der Waals surface area contributed by atoms with Gasteiger partial charge in [0.25, 0.3) is 5.91 Å². The Morgan fingerprint density at radius 3 is 2.81 bits per heavy atom. The van der Waals surface area contributed by atoms with Gasteiger partial charge in [0.1, 0.15) is 0 Å². The van der Waals surface area contributed by atoms with Crippen LogP contribution in [-0.4, -0.2) is 44.2 Å². The first kappa shape index (κ1) is 23.1. The quantitative estimate of drug-likeness (QED) is 0.410.